The molecule has 4 aromatic heterocycles. The molecule has 264 valence electrons. The summed E-state index contributed by atoms with van der Waals surface area (Å²) in [6.45, 7) is 0. The van der Waals surface area contributed by atoms with E-state index < -0.39 is 57.4 Å². The molecule has 54 heavy (non-hydrogen) atoms. The Hall–Kier alpha value is -6.51. The van der Waals surface area contributed by atoms with Gasteiger partial charge >= 0.3 is 18.5 Å². The fourth-order valence-corrected chi connectivity index (χ4v) is 8.44. The van der Waals surface area contributed by atoms with Crippen molar-refractivity contribution in [3.05, 3.63) is 116 Å². The molecule has 0 radical (unpaired) electrons. The van der Waals surface area contributed by atoms with E-state index in [0.29, 0.717) is 54.5 Å². The number of nitrogens with zero attached hydrogens (tertiary/aromatic N) is 4. The van der Waals surface area contributed by atoms with Gasteiger partial charge in [-0.25, -0.2) is 9.97 Å². The lowest BCUT2D eigenvalue weighted by molar-refractivity contribution is -0.142. The van der Waals surface area contributed by atoms with Crippen LogP contribution in [0.1, 0.15) is 16.7 Å². The van der Waals surface area contributed by atoms with Crippen LogP contribution < -0.4 is 11.1 Å². The quantitative estimate of drug-likeness (QED) is 0.0882. The highest BCUT2D eigenvalue weighted by atomic mass is 19.4. The normalized spacial score (nSPS) is 13.8. The molecule has 0 unspecified atom stereocenters. The van der Waals surface area contributed by atoms with Crippen molar-refractivity contribution in [1.29, 1.82) is 0 Å². The maximum atomic E-state index is 14.2. The zero-order valence-electron chi connectivity index (χ0n) is 26.5. The van der Waals surface area contributed by atoms with Gasteiger partial charge in [0.05, 0.1) is 33.2 Å². The molecule has 0 amide bonds. The Labute approximate surface area is 290 Å². The second-order valence-electron chi connectivity index (χ2n) is 13.4. The molecular formula is C39H13F9N4O2. The number of hydrogen-bond donors (Lipinski definition) is 0. The van der Waals surface area contributed by atoms with E-state index in [1.165, 1.54) is 16.5 Å². The Kier molecular flexibility index (Phi) is 5.37. The van der Waals surface area contributed by atoms with Crippen LogP contribution in [-0.4, -0.2) is 18.8 Å². The fraction of sp³-hybridized carbons (Fsp3) is 0.0769. The molecule has 0 N–H and O–H groups in total. The zero-order chi connectivity index (χ0) is 37.5. The Morgan fingerprint density at radius 1 is 0.426 bits per heavy atom. The van der Waals surface area contributed by atoms with Gasteiger partial charge in [0.2, 0.25) is 0 Å². The minimum absolute atomic E-state index is 0.00109. The van der Waals surface area contributed by atoms with Gasteiger partial charge in [0.25, 0.3) is 11.1 Å². The Morgan fingerprint density at radius 2 is 0.852 bits per heavy atom. The predicted octanol–water partition coefficient (Wildman–Crippen LogP) is 10.3. The molecule has 11 aromatic rings. The molecule has 11 rings (SSSR count). The lowest BCUT2D eigenvalue weighted by Gasteiger charge is -2.18. The lowest BCUT2D eigenvalue weighted by atomic mass is 9.86. The largest absolute Gasteiger partial charge is 0.418 e. The van der Waals surface area contributed by atoms with Crippen molar-refractivity contribution in [3.8, 4) is 0 Å². The number of alkyl halides is 9. The molecule has 0 fully saturated rings. The van der Waals surface area contributed by atoms with Gasteiger partial charge in [0, 0.05) is 32.3 Å². The first-order chi connectivity index (χ1) is 25.5. The standard InChI is InChI=1S/C39H13F9N4O2/c40-37(41,42)14-1-10-25-26(12-14)51-33(49-25)20-6-2-16-19-5-9-23-31-21(7-3-17(29(19)31)18-4-8-22(35(51)53)30(20)28(16)18)34-50-32-24(39(46,47)48)11-15(38(43,44)45)13-27(32)52(34)36(23)54/h1-13H. The van der Waals surface area contributed by atoms with Crippen molar-refractivity contribution in [3.63, 3.8) is 0 Å². The third kappa shape index (κ3) is 3.68. The molecule has 0 atom stereocenters. The van der Waals surface area contributed by atoms with Crippen LogP contribution in [0.3, 0.4) is 0 Å². The average Bonchev–Trinajstić information content (AvgIpc) is 3.70. The summed E-state index contributed by atoms with van der Waals surface area (Å²) in [6.07, 6.45) is -15.0. The zero-order valence-corrected chi connectivity index (χ0v) is 26.5. The van der Waals surface area contributed by atoms with E-state index in [0.717, 1.165) is 16.5 Å². The summed E-state index contributed by atoms with van der Waals surface area (Å²) in [5.74, 6) is 0. The number of rotatable bonds is 0. The van der Waals surface area contributed by atoms with E-state index in [-0.39, 0.29) is 44.6 Å². The van der Waals surface area contributed by atoms with Crippen LogP contribution in [-0.2, 0) is 18.5 Å². The van der Waals surface area contributed by atoms with Gasteiger partial charge in [-0.15, -0.1) is 0 Å². The van der Waals surface area contributed by atoms with Gasteiger partial charge < -0.3 is 0 Å². The minimum atomic E-state index is -5.22. The predicted molar refractivity (Wildman–Crippen MR) is 185 cm³/mol. The van der Waals surface area contributed by atoms with E-state index in [9.17, 15) is 49.1 Å². The Bertz CT molecular complexity index is 3600. The molecule has 0 saturated heterocycles. The summed E-state index contributed by atoms with van der Waals surface area (Å²) < 4.78 is 127. The van der Waals surface area contributed by atoms with Crippen molar-refractivity contribution in [2.24, 2.45) is 0 Å². The van der Waals surface area contributed by atoms with Crippen molar-refractivity contribution in [1.82, 2.24) is 18.8 Å². The maximum Gasteiger partial charge on any atom is 0.418 e. The lowest BCUT2D eigenvalue weighted by Crippen LogP contribution is -2.15. The van der Waals surface area contributed by atoms with Crippen molar-refractivity contribution < 1.29 is 39.5 Å². The van der Waals surface area contributed by atoms with Crippen LogP contribution in [0.4, 0.5) is 39.5 Å². The summed E-state index contributed by atoms with van der Waals surface area (Å²) in [5.41, 5.74) is -6.88. The second-order valence-corrected chi connectivity index (χ2v) is 13.4. The first-order valence-corrected chi connectivity index (χ1v) is 16.1. The maximum absolute atomic E-state index is 14.2. The topological polar surface area (TPSA) is 68.7 Å². The van der Waals surface area contributed by atoms with Crippen LogP contribution >= 0.6 is 0 Å². The third-order valence-corrected chi connectivity index (χ3v) is 10.6. The summed E-state index contributed by atoms with van der Waals surface area (Å²) >= 11 is 0. The van der Waals surface area contributed by atoms with Crippen LogP contribution in [0.5, 0.6) is 0 Å². The number of aromatic nitrogens is 4. The molecule has 0 aliphatic carbocycles. The Morgan fingerprint density at radius 3 is 1.35 bits per heavy atom. The molecule has 0 aliphatic heterocycles. The highest BCUT2D eigenvalue weighted by Gasteiger charge is 2.40. The van der Waals surface area contributed by atoms with Crippen molar-refractivity contribution >= 4 is 98.0 Å². The SMILES string of the molecule is O=c1c2ccc3c4ccc5c6c(ccc(c7ccc(c2c73)c2nc3ccc(C(F)(F)F)cc3n12)c46)c(=O)n1c2cc(C(F)(F)F)cc(C(F)(F)F)c2nc51. The highest BCUT2D eigenvalue weighted by Crippen LogP contribution is 2.47. The first kappa shape index (κ1) is 31.1. The van der Waals surface area contributed by atoms with Gasteiger partial charge in [-0.2, -0.15) is 39.5 Å². The van der Waals surface area contributed by atoms with E-state index in [4.69, 9.17) is 0 Å². The van der Waals surface area contributed by atoms with E-state index >= 15 is 0 Å². The number of halogens is 9. The third-order valence-electron chi connectivity index (χ3n) is 10.6. The number of benzene rings is 7. The highest BCUT2D eigenvalue weighted by molar-refractivity contribution is 6.40. The minimum Gasteiger partial charge on any atom is -0.268 e. The average molecular weight is 741 g/mol. The van der Waals surface area contributed by atoms with Gasteiger partial charge in [-0.3, -0.25) is 18.4 Å². The van der Waals surface area contributed by atoms with Crippen LogP contribution in [0.15, 0.2) is 88.5 Å². The number of imidazole rings is 2. The molecular weight excluding hydrogens is 727 g/mol. The number of pyridine rings is 2. The molecule has 0 bridgehead atoms. The van der Waals surface area contributed by atoms with E-state index in [2.05, 4.69) is 9.97 Å². The van der Waals surface area contributed by atoms with Gasteiger partial charge in [-0.1, -0.05) is 24.3 Å². The molecule has 4 heterocycles. The summed E-state index contributed by atoms with van der Waals surface area (Å²) in [4.78, 5) is 36.9. The molecule has 0 aliphatic rings. The molecule has 7 aromatic carbocycles. The second kappa shape index (κ2) is 9.34. The molecule has 0 saturated carbocycles. The Balaban J connectivity index is 1.28. The smallest absolute Gasteiger partial charge is 0.268 e. The first-order valence-electron chi connectivity index (χ1n) is 16.1. The van der Waals surface area contributed by atoms with Gasteiger partial charge in [0.15, 0.2) is 0 Å². The van der Waals surface area contributed by atoms with Gasteiger partial charge in [-0.05, 0) is 86.9 Å². The number of fused-ring (bicyclic) bond motifs is 10. The summed E-state index contributed by atoms with van der Waals surface area (Å²) in [6, 6.07) is 16.6. The molecule has 0 spiro atoms. The van der Waals surface area contributed by atoms with Gasteiger partial charge in [0.1, 0.15) is 16.8 Å². The molecule has 15 heteroatoms. The summed E-state index contributed by atoms with van der Waals surface area (Å²) in [5, 5.41) is 5.56. The summed E-state index contributed by atoms with van der Waals surface area (Å²) in [7, 11) is 0. The van der Waals surface area contributed by atoms with Crippen LogP contribution in [0.25, 0.3) is 98.0 Å². The molecule has 6 nitrogen and oxygen atoms in total. The number of hydrogen-bond acceptors (Lipinski definition) is 4. The van der Waals surface area contributed by atoms with Crippen molar-refractivity contribution in [2.45, 2.75) is 18.5 Å². The van der Waals surface area contributed by atoms with Crippen LogP contribution in [0, 0.1) is 0 Å². The van der Waals surface area contributed by atoms with E-state index in [1.807, 2.05) is 0 Å². The monoisotopic (exact) mass is 740 g/mol. The van der Waals surface area contributed by atoms with E-state index in [1.54, 1.807) is 42.5 Å². The van der Waals surface area contributed by atoms with Crippen molar-refractivity contribution in [2.75, 3.05) is 0 Å². The van der Waals surface area contributed by atoms with Crippen LogP contribution in [0.2, 0.25) is 0 Å². The fourth-order valence-electron chi connectivity index (χ4n) is 8.44.